The highest BCUT2D eigenvalue weighted by molar-refractivity contribution is 7.89. The molecule has 2 N–H and O–H groups in total. The Kier molecular flexibility index (Phi) is 4.79. The van der Waals surface area contributed by atoms with E-state index in [-0.39, 0.29) is 30.1 Å². The normalized spacial score (nSPS) is 24.9. The number of nitrogens with one attached hydrogen (secondary N) is 1. The first kappa shape index (κ1) is 15.4. The summed E-state index contributed by atoms with van der Waals surface area (Å²) in [5.41, 5.74) is 0. The molecule has 0 saturated carbocycles. The molecule has 1 fully saturated rings. The minimum atomic E-state index is -3.61. The summed E-state index contributed by atoms with van der Waals surface area (Å²) in [6.07, 6.45) is 5.82. The molecule has 114 valence electrons. The molecule has 7 nitrogen and oxygen atoms in total. The van der Waals surface area contributed by atoms with E-state index in [1.54, 1.807) is 0 Å². The van der Waals surface area contributed by atoms with Gasteiger partial charge in [0, 0.05) is 18.3 Å². The number of aliphatic hydroxyl groups is 1. The number of hydrogen-bond donors (Lipinski definition) is 2. The quantitative estimate of drug-likeness (QED) is 0.818. The Balaban J connectivity index is 2.13. The van der Waals surface area contributed by atoms with Crippen molar-refractivity contribution in [1.82, 2.24) is 19.6 Å². The van der Waals surface area contributed by atoms with E-state index in [2.05, 4.69) is 9.93 Å². The summed E-state index contributed by atoms with van der Waals surface area (Å²) in [7, 11) is -3.61. The molecule has 0 aromatic carbocycles. The van der Waals surface area contributed by atoms with Crippen molar-refractivity contribution in [3.63, 3.8) is 0 Å². The number of sulfonamides is 1. The molecule has 20 heavy (non-hydrogen) atoms. The zero-order valence-electron chi connectivity index (χ0n) is 11.9. The van der Waals surface area contributed by atoms with E-state index < -0.39 is 10.0 Å². The molecule has 0 amide bonds. The smallest absolute Gasteiger partial charge is 0.256 e. The van der Waals surface area contributed by atoms with Gasteiger partial charge in [0.25, 0.3) is 10.0 Å². The lowest BCUT2D eigenvalue weighted by Gasteiger charge is -2.38. The first-order valence-electron chi connectivity index (χ1n) is 6.88. The largest absolute Gasteiger partial charge is 0.394 e. The minimum absolute atomic E-state index is 0.0746. The van der Waals surface area contributed by atoms with Gasteiger partial charge in [-0.15, -0.1) is 4.83 Å². The van der Waals surface area contributed by atoms with Crippen LogP contribution in [0.25, 0.3) is 0 Å². The molecule has 2 unspecified atom stereocenters. The maximum Gasteiger partial charge on any atom is 0.256 e. The molecule has 1 aromatic rings. The molecular formula is C12H22N4O3S. The average Bonchev–Trinajstić information content (AvgIpc) is 2.84. The maximum absolute atomic E-state index is 12.3. The minimum Gasteiger partial charge on any atom is -0.394 e. The summed E-state index contributed by atoms with van der Waals surface area (Å²) in [4.78, 5) is 2.78. The van der Waals surface area contributed by atoms with Crippen LogP contribution in [0.4, 0.5) is 0 Å². The molecule has 2 heterocycles. The van der Waals surface area contributed by atoms with Crippen LogP contribution in [0.3, 0.4) is 0 Å². The molecule has 0 aliphatic carbocycles. The molecule has 2 atom stereocenters. The van der Waals surface area contributed by atoms with Gasteiger partial charge in [0.15, 0.2) is 0 Å². The summed E-state index contributed by atoms with van der Waals surface area (Å²) in [6.45, 7) is 4.25. The van der Waals surface area contributed by atoms with Gasteiger partial charge in [-0.05, 0) is 26.7 Å². The summed E-state index contributed by atoms with van der Waals surface area (Å²) < 4.78 is 26.1. The van der Waals surface area contributed by atoms with E-state index in [0.717, 1.165) is 19.3 Å². The molecule has 0 bridgehead atoms. The van der Waals surface area contributed by atoms with Gasteiger partial charge in [0.05, 0.1) is 19.3 Å². The van der Waals surface area contributed by atoms with Crippen molar-refractivity contribution < 1.29 is 13.5 Å². The van der Waals surface area contributed by atoms with Crippen molar-refractivity contribution in [2.75, 3.05) is 6.61 Å². The Labute approximate surface area is 119 Å². The Hall–Kier alpha value is -0.960. The lowest BCUT2D eigenvalue weighted by molar-refractivity contribution is 0.0790. The second kappa shape index (κ2) is 6.21. The van der Waals surface area contributed by atoms with Gasteiger partial charge in [0.1, 0.15) is 4.90 Å². The first-order chi connectivity index (χ1) is 9.44. The van der Waals surface area contributed by atoms with E-state index in [9.17, 15) is 8.42 Å². The third-order valence-corrected chi connectivity index (χ3v) is 4.95. The summed E-state index contributed by atoms with van der Waals surface area (Å²) >= 11 is 0. The maximum atomic E-state index is 12.3. The van der Waals surface area contributed by atoms with Gasteiger partial charge < -0.3 is 5.11 Å². The number of aliphatic hydroxyl groups excluding tert-OH is 1. The number of rotatable bonds is 5. The number of aromatic nitrogens is 2. The van der Waals surface area contributed by atoms with Crippen LogP contribution in [-0.2, 0) is 16.6 Å². The van der Waals surface area contributed by atoms with Gasteiger partial charge in [-0.2, -0.15) is 5.10 Å². The Morgan fingerprint density at radius 1 is 1.40 bits per heavy atom. The Bertz CT molecular complexity index is 533. The predicted molar refractivity (Wildman–Crippen MR) is 74.2 cm³/mol. The third kappa shape index (κ3) is 3.38. The lowest BCUT2D eigenvalue weighted by Crippen LogP contribution is -2.53. The van der Waals surface area contributed by atoms with Crippen LogP contribution in [0.2, 0.25) is 0 Å². The monoisotopic (exact) mass is 302 g/mol. The summed E-state index contributed by atoms with van der Waals surface area (Å²) in [5.74, 6) is 0. The van der Waals surface area contributed by atoms with Crippen LogP contribution in [0.5, 0.6) is 0 Å². The highest BCUT2D eigenvalue weighted by Gasteiger charge is 2.29. The van der Waals surface area contributed by atoms with Crippen LogP contribution >= 0.6 is 0 Å². The van der Waals surface area contributed by atoms with Crippen molar-refractivity contribution in [2.24, 2.45) is 0 Å². The average molecular weight is 302 g/mol. The summed E-state index contributed by atoms with van der Waals surface area (Å²) in [5, 5.41) is 14.6. The van der Waals surface area contributed by atoms with Gasteiger partial charge in [-0.25, -0.2) is 13.4 Å². The molecule has 1 saturated heterocycles. The van der Waals surface area contributed by atoms with E-state index in [4.69, 9.17) is 5.11 Å². The van der Waals surface area contributed by atoms with E-state index in [1.807, 2.05) is 18.9 Å². The van der Waals surface area contributed by atoms with Crippen LogP contribution in [-0.4, -0.2) is 47.0 Å². The fraction of sp³-hybridized carbons (Fsp3) is 0.750. The number of piperidine rings is 1. The van der Waals surface area contributed by atoms with Crippen molar-refractivity contribution in [1.29, 1.82) is 0 Å². The van der Waals surface area contributed by atoms with E-state index in [0.29, 0.717) is 0 Å². The van der Waals surface area contributed by atoms with Gasteiger partial charge >= 0.3 is 0 Å². The lowest BCUT2D eigenvalue weighted by atomic mass is 10.0. The van der Waals surface area contributed by atoms with Crippen LogP contribution < -0.4 is 4.83 Å². The molecular weight excluding hydrogens is 280 g/mol. The molecule has 0 spiro atoms. The highest BCUT2D eigenvalue weighted by Crippen LogP contribution is 2.21. The molecule has 1 aromatic heterocycles. The topological polar surface area (TPSA) is 87.5 Å². The predicted octanol–water partition coefficient (Wildman–Crippen LogP) is 0.332. The van der Waals surface area contributed by atoms with Gasteiger partial charge in [0.2, 0.25) is 0 Å². The second-order valence-corrected chi connectivity index (χ2v) is 6.95. The van der Waals surface area contributed by atoms with Crippen molar-refractivity contribution in [2.45, 2.75) is 56.6 Å². The molecule has 1 aliphatic heterocycles. The zero-order valence-corrected chi connectivity index (χ0v) is 12.7. The van der Waals surface area contributed by atoms with Crippen molar-refractivity contribution in [3.8, 4) is 0 Å². The molecule has 2 rings (SSSR count). The zero-order chi connectivity index (χ0) is 14.8. The highest BCUT2D eigenvalue weighted by atomic mass is 32.2. The third-order valence-electron chi connectivity index (χ3n) is 3.67. The van der Waals surface area contributed by atoms with Crippen molar-refractivity contribution in [3.05, 3.63) is 12.4 Å². The number of hydrogen-bond acceptors (Lipinski definition) is 5. The van der Waals surface area contributed by atoms with E-state index >= 15 is 0 Å². The number of hydrazine groups is 1. The Morgan fingerprint density at radius 3 is 2.65 bits per heavy atom. The van der Waals surface area contributed by atoms with Crippen LogP contribution in [0.1, 0.15) is 33.1 Å². The molecule has 1 aliphatic rings. The fourth-order valence-corrected chi connectivity index (χ4v) is 3.69. The summed E-state index contributed by atoms with van der Waals surface area (Å²) in [6, 6.07) is 0.363. The SMILES string of the molecule is CC1CCCC(C)N1NS(=O)(=O)c1cnn(CCO)c1. The second-order valence-electron chi connectivity index (χ2n) is 5.29. The van der Waals surface area contributed by atoms with E-state index in [1.165, 1.54) is 17.1 Å². The molecule has 0 radical (unpaired) electrons. The standard InChI is InChI=1S/C12H22N4O3S/c1-10-4-3-5-11(2)16(10)14-20(18,19)12-8-13-15(9-12)6-7-17/h8-11,14,17H,3-7H2,1-2H3. The first-order valence-corrected chi connectivity index (χ1v) is 8.36. The Morgan fingerprint density at radius 2 is 2.05 bits per heavy atom. The van der Waals surface area contributed by atoms with Gasteiger partial charge in [-0.3, -0.25) is 4.68 Å². The van der Waals surface area contributed by atoms with Gasteiger partial charge in [-0.1, -0.05) is 6.42 Å². The van der Waals surface area contributed by atoms with Crippen LogP contribution in [0.15, 0.2) is 17.3 Å². The van der Waals surface area contributed by atoms with Crippen molar-refractivity contribution >= 4 is 10.0 Å². The number of nitrogens with zero attached hydrogens (tertiary/aromatic N) is 3. The molecule has 8 heteroatoms. The van der Waals surface area contributed by atoms with Crippen LogP contribution in [0, 0.1) is 0 Å². The fourth-order valence-electron chi connectivity index (χ4n) is 2.50.